The third-order valence-electron chi connectivity index (χ3n) is 1.99. The van der Waals surface area contributed by atoms with Gasteiger partial charge >= 0.3 is 17.9 Å². The summed E-state index contributed by atoms with van der Waals surface area (Å²) in [5.74, 6) is -3.60. The molecule has 0 amide bonds. The van der Waals surface area contributed by atoms with Crippen LogP contribution >= 0.6 is 0 Å². The molecule has 18 heavy (non-hydrogen) atoms. The van der Waals surface area contributed by atoms with E-state index in [1.807, 2.05) is 0 Å². The molecule has 0 radical (unpaired) electrons. The second kappa shape index (κ2) is 5.78. The number of hydrogen-bond acceptors (Lipinski definition) is 5. The maximum atomic E-state index is 11.4. The van der Waals surface area contributed by atoms with Crippen LogP contribution in [0.5, 0.6) is 0 Å². The van der Waals surface area contributed by atoms with Gasteiger partial charge in [-0.1, -0.05) is 0 Å². The van der Waals surface area contributed by atoms with E-state index in [2.05, 4.69) is 4.74 Å². The van der Waals surface area contributed by atoms with Gasteiger partial charge in [-0.2, -0.15) is 0 Å². The van der Waals surface area contributed by atoms with Gasteiger partial charge in [-0.3, -0.25) is 0 Å². The number of ether oxygens (including phenoxy) is 1. The van der Waals surface area contributed by atoms with Crippen LogP contribution in [-0.4, -0.2) is 46.4 Å². The summed E-state index contributed by atoms with van der Waals surface area (Å²) in [4.78, 5) is 33.0. The third-order valence-corrected chi connectivity index (χ3v) is 1.99. The van der Waals surface area contributed by atoms with Gasteiger partial charge in [0.25, 0.3) is 0 Å². The molecule has 96 valence electrons. The molecule has 0 aromatic heterocycles. The average molecular weight is 254 g/mol. The number of carbonyl (C=O) groups excluding carboxylic acids is 1. The van der Waals surface area contributed by atoms with Crippen molar-refractivity contribution in [1.29, 1.82) is 0 Å². The molecule has 0 atom stereocenters. The maximum Gasteiger partial charge on any atom is 0.338 e. The number of rotatable bonds is 5. The van der Waals surface area contributed by atoms with Crippen LogP contribution < -0.4 is 0 Å². The summed E-state index contributed by atoms with van der Waals surface area (Å²) in [7, 11) is 0. The zero-order valence-corrected chi connectivity index (χ0v) is 9.12. The predicted molar refractivity (Wildman–Crippen MR) is 57.7 cm³/mol. The molecule has 0 aliphatic rings. The van der Waals surface area contributed by atoms with Crippen LogP contribution in [0.1, 0.15) is 31.1 Å². The van der Waals surface area contributed by atoms with E-state index < -0.39 is 17.9 Å². The van der Waals surface area contributed by atoms with E-state index >= 15 is 0 Å². The minimum Gasteiger partial charge on any atom is -0.478 e. The van der Waals surface area contributed by atoms with E-state index in [9.17, 15) is 14.4 Å². The summed E-state index contributed by atoms with van der Waals surface area (Å²) in [5.41, 5.74) is -0.850. The number of benzene rings is 1. The summed E-state index contributed by atoms with van der Waals surface area (Å²) in [6.07, 6.45) is 0. The van der Waals surface area contributed by atoms with Crippen LogP contribution in [0.25, 0.3) is 0 Å². The van der Waals surface area contributed by atoms with Gasteiger partial charge in [0.05, 0.1) is 23.3 Å². The lowest BCUT2D eigenvalue weighted by Crippen LogP contribution is -2.12. The number of carboxylic acid groups (broad SMARTS) is 2. The molecule has 7 heteroatoms. The van der Waals surface area contributed by atoms with E-state index in [1.165, 1.54) is 0 Å². The van der Waals surface area contributed by atoms with Gasteiger partial charge in [-0.05, 0) is 18.2 Å². The van der Waals surface area contributed by atoms with Crippen molar-refractivity contribution in [2.45, 2.75) is 0 Å². The normalized spacial score (nSPS) is 9.83. The van der Waals surface area contributed by atoms with Crippen molar-refractivity contribution in [2.75, 3.05) is 13.2 Å². The Morgan fingerprint density at radius 2 is 1.39 bits per heavy atom. The molecule has 0 spiro atoms. The molecule has 0 heterocycles. The highest BCUT2D eigenvalue weighted by Crippen LogP contribution is 2.12. The van der Waals surface area contributed by atoms with Crippen molar-refractivity contribution in [3.05, 3.63) is 34.9 Å². The van der Waals surface area contributed by atoms with Crippen LogP contribution in [0.4, 0.5) is 0 Å². The summed E-state index contributed by atoms with van der Waals surface area (Å²) < 4.78 is 4.57. The van der Waals surface area contributed by atoms with Gasteiger partial charge in [0, 0.05) is 0 Å². The second-order valence-corrected chi connectivity index (χ2v) is 3.27. The first-order chi connectivity index (χ1) is 8.45. The van der Waals surface area contributed by atoms with Gasteiger partial charge in [0.2, 0.25) is 0 Å². The molecule has 0 saturated carbocycles. The number of carboxylic acids is 2. The fraction of sp³-hybridized carbons (Fsp3) is 0.182. The molecule has 1 aromatic rings. The van der Waals surface area contributed by atoms with Gasteiger partial charge in [0.1, 0.15) is 6.61 Å². The summed E-state index contributed by atoms with van der Waals surface area (Å²) >= 11 is 0. The molecule has 1 aromatic carbocycles. The number of aliphatic hydroxyl groups is 1. The largest absolute Gasteiger partial charge is 0.478 e. The first-order valence-corrected chi connectivity index (χ1v) is 4.85. The Morgan fingerprint density at radius 1 is 0.944 bits per heavy atom. The Labute approximate surface area is 101 Å². The van der Waals surface area contributed by atoms with Crippen LogP contribution in [0, 0.1) is 0 Å². The zero-order valence-electron chi connectivity index (χ0n) is 9.12. The summed E-state index contributed by atoms with van der Waals surface area (Å²) in [6.45, 7) is -0.630. The minimum atomic E-state index is -1.35. The summed E-state index contributed by atoms with van der Waals surface area (Å²) in [5, 5.41) is 26.1. The van der Waals surface area contributed by atoms with Crippen LogP contribution in [0.3, 0.4) is 0 Å². The number of aliphatic hydroxyl groups excluding tert-OH is 1. The topological polar surface area (TPSA) is 121 Å². The molecule has 0 bridgehead atoms. The molecule has 0 saturated heterocycles. The van der Waals surface area contributed by atoms with Crippen molar-refractivity contribution in [3.63, 3.8) is 0 Å². The lowest BCUT2D eigenvalue weighted by atomic mass is 10.1. The molecule has 0 fully saturated rings. The molecule has 3 N–H and O–H groups in total. The number of aromatic carboxylic acids is 2. The number of carbonyl (C=O) groups is 3. The zero-order chi connectivity index (χ0) is 13.7. The standard InChI is InChI=1S/C11H10O7/c12-1-2-18-11(17)8-4-6(9(13)14)3-7(5-8)10(15)16/h3-5,12H,1-2H2,(H,13,14)(H,15,16). The van der Waals surface area contributed by atoms with E-state index in [0.717, 1.165) is 18.2 Å². The first kappa shape index (κ1) is 13.7. The fourth-order valence-electron chi connectivity index (χ4n) is 1.21. The highest BCUT2D eigenvalue weighted by Gasteiger charge is 2.16. The molecule has 7 nitrogen and oxygen atoms in total. The molecule has 0 unspecified atom stereocenters. The lowest BCUT2D eigenvalue weighted by molar-refractivity contribution is 0.0433. The first-order valence-electron chi connectivity index (χ1n) is 4.85. The van der Waals surface area contributed by atoms with Crippen molar-refractivity contribution >= 4 is 17.9 Å². The van der Waals surface area contributed by atoms with Crippen molar-refractivity contribution in [2.24, 2.45) is 0 Å². The van der Waals surface area contributed by atoms with Gasteiger partial charge in [0.15, 0.2) is 0 Å². The van der Waals surface area contributed by atoms with Crippen molar-refractivity contribution in [3.8, 4) is 0 Å². The predicted octanol–water partition coefficient (Wildman–Crippen LogP) is 0.232. The number of esters is 1. The molecule has 1 rings (SSSR count). The maximum absolute atomic E-state index is 11.4. The van der Waals surface area contributed by atoms with E-state index in [1.54, 1.807) is 0 Å². The van der Waals surface area contributed by atoms with E-state index in [-0.39, 0.29) is 29.9 Å². The quantitative estimate of drug-likeness (QED) is 0.643. The Hall–Kier alpha value is -2.41. The molecular weight excluding hydrogens is 244 g/mol. The third kappa shape index (κ3) is 3.29. The van der Waals surface area contributed by atoms with Crippen LogP contribution in [0.2, 0.25) is 0 Å². The van der Waals surface area contributed by atoms with Crippen molar-refractivity contribution in [1.82, 2.24) is 0 Å². The monoisotopic (exact) mass is 254 g/mol. The SMILES string of the molecule is O=C(O)c1cc(C(=O)O)cc(C(=O)OCCO)c1. The highest BCUT2D eigenvalue weighted by atomic mass is 16.5. The van der Waals surface area contributed by atoms with Crippen LogP contribution in [-0.2, 0) is 4.74 Å². The highest BCUT2D eigenvalue weighted by molar-refractivity contribution is 5.99. The Bertz CT molecular complexity index is 460. The Kier molecular flexibility index (Phi) is 4.39. The Morgan fingerprint density at radius 3 is 1.78 bits per heavy atom. The van der Waals surface area contributed by atoms with Crippen LogP contribution in [0.15, 0.2) is 18.2 Å². The number of hydrogen-bond donors (Lipinski definition) is 3. The van der Waals surface area contributed by atoms with Gasteiger partial charge < -0.3 is 20.1 Å². The second-order valence-electron chi connectivity index (χ2n) is 3.27. The minimum absolute atomic E-state index is 0.194. The fourth-order valence-corrected chi connectivity index (χ4v) is 1.21. The van der Waals surface area contributed by atoms with Crippen molar-refractivity contribution < 1.29 is 34.4 Å². The average Bonchev–Trinajstić information content (AvgIpc) is 2.35. The molecular formula is C11H10O7. The Balaban J connectivity index is 3.14. The molecule has 0 aliphatic carbocycles. The van der Waals surface area contributed by atoms with Gasteiger partial charge in [-0.15, -0.1) is 0 Å². The summed E-state index contributed by atoms with van der Waals surface area (Å²) in [6, 6.07) is 2.95. The lowest BCUT2D eigenvalue weighted by Gasteiger charge is -2.05. The van der Waals surface area contributed by atoms with Gasteiger partial charge in [-0.25, -0.2) is 14.4 Å². The van der Waals surface area contributed by atoms with E-state index in [0.29, 0.717) is 0 Å². The molecule has 0 aliphatic heterocycles. The smallest absolute Gasteiger partial charge is 0.338 e. The van der Waals surface area contributed by atoms with E-state index in [4.69, 9.17) is 15.3 Å².